The predicted molar refractivity (Wildman–Crippen MR) is 153 cm³/mol. The molecule has 1 aromatic carbocycles. The van der Waals surface area contributed by atoms with E-state index < -0.39 is 5.97 Å². The number of hydrogen-bond donors (Lipinski definition) is 1. The highest BCUT2D eigenvalue weighted by atomic mass is 32.2. The number of thioether (sulfide) groups is 1. The van der Waals surface area contributed by atoms with Gasteiger partial charge < -0.3 is 14.9 Å². The first-order valence-corrected chi connectivity index (χ1v) is 13.7. The van der Waals surface area contributed by atoms with Crippen LogP contribution in [0.25, 0.3) is 6.08 Å². The Morgan fingerprint density at radius 1 is 1.13 bits per heavy atom. The third kappa shape index (κ3) is 5.47. The van der Waals surface area contributed by atoms with Gasteiger partial charge in [-0.05, 0) is 37.1 Å². The van der Waals surface area contributed by atoms with Crippen molar-refractivity contribution in [1.29, 1.82) is 5.26 Å². The van der Waals surface area contributed by atoms with E-state index in [1.165, 1.54) is 4.90 Å². The Bertz CT molecular complexity index is 1390. The monoisotopic (exact) mass is 551 g/mol. The molecule has 0 saturated carbocycles. The van der Waals surface area contributed by atoms with E-state index in [1.807, 2.05) is 25.1 Å². The molecular weight excluding hydrogens is 522 g/mol. The van der Waals surface area contributed by atoms with E-state index in [0.29, 0.717) is 52.2 Å². The molecule has 0 bridgehead atoms. The van der Waals surface area contributed by atoms with Crippen molar-refractivity contribution in [2.75, 3.05) is 42.5 Å². The lowest BCUT2D eigenvalue weighted by molar-refractivity contribution is -0.137. The molecule has 2 saturated heterocycles. The lowest BCUT2D eigenvalue weighted by atomic mass is 10.0. The molecule has 2 aromatic rings. The van der Waals surface area contributed by atoms with Crippen LogP contribution in [0.5, 0.6) is 0 Å². The minimum absolute atomic E-state index is 0.0105. The van der Waals surface area contributed by atoms with Gasteiger partial charge in [0.1, 0.15) is 21.8 Å². The molecule has 9 nitrogen and oxygen atoms in total. The highest BCUT2D eigenvalue weighted by Gasteiger charge is 2.34. The van der Waals surface area contributed by atoms with Gasteiger partial charge in [0, 0.05) is 50.5 Å². The van der Waals surface area contributed by atoms with Gasteiger partial charge in [-0.2, -0.15) is 5.26 Å². The van der Waals surface area contributed by atoms with E-state index in [0.717, 1.165) is 30.5 Å². The topological polar surface area (TPSA) is 110 Å². The molecule has 0 atom stereocenters. The molecule has 2 aliphatic heterocycles. The number of piperazine rings is 1. The molecule has 2 aliphatic rings. The second-order valence-electron chi connectivity index (χ2n) is 9.09. The maximum absolute atomic E-state index is 13.4. The number of thiocarbonyl (C=S) groups is 1. The maximum Gasteiger partial charge on any atom is 0.305 e. The summed E-state index contributed by atoms with van der Waals surface area (Å²) >= 11 is 6.47. The number of pyridine rings is 1. The van der Waals surface area contributed by atoms with Gasteiger partial charge >= 0.3 is 5.97 Å². The molecule has 1 N–H and O–H groups in total. The molecule has 11 heteroatoms. The van der Waals surface area contributed by atoms with Crippen LogP contribution in [-0.4, -0.2) is 63.5 Å². The summed E-state index contributed by atoms with van der Waals surface area (Å²) in [6.45, 7) is 6.94. The molecule has 3 heterocycles. The third-order valence-corrected chi connectivity index (χ3v) is 8.07. The van der Waals surface area contributed by atoms with Crippen LogP contribution in [0.1, 0.15) is 36.5 Å². The smallest absolute Gasteiger partial charge is 0.305 e. The molecule has 0 spiro atoms. The second-order valence-corrected chi connectivity index (χ2v) is 10.8. The normalized spacial score (nSPS) is 16.9. The van der Waals surface area contributed by atoms with Gasteiger partial charge in [-0.15, -0.1) is 0 Å². The molecule has 0 aliphatic carbocycles. The van der Waals surface area contributed by atoms with Crippen LogP contribution in [0.4, 0.5) is 11.5 Å². The van der Waals surface area contributed by atoms with Gasteiger partial charge in [-0.3, -0.25) is 23.9 Å². The number of aliphatic carboxylic acids is 1. The number of nitrogens with zero attached hydrogens (tertiary/aromatic N) is 5. The summed E-state index contributed by atoms with van der Waals surface area (Å²) in [7, 11) is 0. The first-order chi connectivity index (χ1) is 18.3. The summed E-state index contributed by atoms with van der Waals surface area (Å²) in [6.07, 6.45) is 2.19. The second kappa shape index (κ2) is 11.8. The number of benzene rings is 1. The first kappa shape index (κ1) is 27.4. The van der Waals surface area contributed by atoms with Crippen LogP contribution in [0.2, 0.25) is 0 Å². The third-order valence-electron chi connectivity index (χ3n) is 6.69. The van der Waals surface area contributed by atoms with Gasteiger partial charge in [0.15, 0.2) is 0 Å². The fourth-order valence-electron chi connectivity index (χ4n) is 4.76. The van der Waals surface area contributed by atoms with Crippen LogP contribution >= 0.6 is 24.0 Å². The van der Waals surface area contributed by atoms with Crippen molar-refractivity contribution in [3.05, 3.63) is 62.3 Å². The molecule has 0 unspecified atom stereocenters. The molecule has 4 rings (SSSR count). The Labute approximate surface area is 230 Å². The maximum atomic E-state index is 13.4. The molecule has 1 amide bonds. The van der Waals surface area contributed by atoms with Gasteiger partial charge in [0.2, 0.25) is 0 Å². The lowest BCUT2D eigenvalue weighted by Gasteiger charge is -2.39. The van der Waals surface area contributed by atoms with Crippen LogP contribution < -0.4 is 15.4 Å². The number of carbonyl (C=O) groups excluding carboxylic acids is 1. The summed E-state index contributed by atoms with van der Waals surface area (Å²) < 4.78 is 1.95. The van der Waals surface area contributed by atoms with Crippen molar-refractivity contribution in [3.63, 3.8) is 0 Å². The molecule has 38 heavy (non-hydrogen) atoms. The minimum Gasteiger partial charge on any atom is -0.481 e. The Kier molecular flexibility index (Phi) is 8.54. The summed E-state index contributed by atoms with van der Waals surface area (Å²) in [5.74, 6) is -0.690. The van der Waals surface area contributed by atoms with Gasteiger partial charge in [0.25, 0.3) is 11.5 Å². The number of carbonyl (C=O) groups is 2. The van der Waals surface area contributed by atoms with Gasteiger partial charge in [-0.25, -0.2) is 0 Å². The SMILES string of the molecule is CCCn1c(N2CCN(c3ccccc3)CC2)c(C=C2SC(=S)N(CCC(=O)O)C2=O)c(C)c(C#N)c1=O. The number of rotatable bonds is 8. The first-order valence-electron chi connectivity index (χ1n) is 12.5. The number of nitriles is 1. The van der Waals surface area contributed by atoms with Crippen molar-refractivity contribution in [3.8, 4) is 6.07 Å². The lowest BCUT2D eigenvalue weighted by Crippen LogP contribution is -2.48. The van der Waals surface area contributed by atoms with Crippen LogP contribution in [0.3, 0.4) is 0 Å². The molecule has 198 valence electrons. The van der Waals surface area contributed by atoms with Crippen molar-refractivity contribution in [1.82, 2.24) is 9.47 Å². The Balaban J connectivity index is 1.77. The van der Waals surface area contributed by atoms with E-state index in [1.54, 1.807) is 17.6 Å². The number of carboxylic acids is 1. The Hall–Kier alpha value is -3.62. The zero-order valence-electron chi connectivity index (χ0n) is 21.3. The number of para-hydroxylation sites is 1. The largest absolute Gasteiger partial charge is 0.481 e. The predicted octanol–water partition coefficient (Wildman–Crippen LogP) is 3.44. The number of carboxylic acid groups (broad SMARTS) is 1. The Morgan fingerprint density at radius 2 is 1.79 bits per heavy atom. The zero-order chi connectivity index (χ0) is 27.4. The zero-order valence-corrected chi connectivity index (χ0v) is 23.0. The average Bonchev–Trinajstić information content (AvgIpc) is 3.18. The minimum atomic E-state index is -1.01. The molecule has 0 radical (unpaired) electrons. The van der Waals surface area contributed by atoms with Crippen LogP contribution in [0.15, 0.2) is 40.0 Å². The van der Waals surface area contributed by atoms with Crippen LogP contribution in [-0.2, 0) is 16.1 Å². The van der Waals surface area contributed by atoms with Gasteiger partial charge in [0.05, 0.1) is 11.3 Å². The van der Waals surface area contributed by atoms with Gasteiger partial charge in [-0.1, -0.05) is 49.1 Å². The van der Waals surface area contributed by atoms with E-state index in [2.05, 4.69) is 28.0 Å². The van der Waals surface area contributed by atoms with E-state index in [-0.39, 0.29) is 30.0 Å². The van der Waals surface area contributed by atoms with Crippen molar-refractivity contribution in [2.45, 2.75) is 33.2 Å². The highest BCUT2D eigenvalue weighted by molar-refractivity contribution is 8.26. The fraction of sp³-hybridized carbons (Fsp3) is 0.370. The summed E-state index contributed by atoms with van der Waals surface area (Å²) in [6, 6.07) is 12.2. The van der Waals surface area contributed by atoms with E-state index >= 15 is 0 Å². The van der Waals surface area contributed by atoms with E-state index in [4.69, 9.17) is 17.3 Å². The summed E-state index contributed by atoms with van der Waals surface area (Å²) in [5, 5.41) is 18.9. The van der Waals surface area contributed by atoms with Crippen molar-refractivity contribution < 1.29 is 14.7 Å². The molecule has 1 aromatic heterocycles. The van der Waals surface area contributed by atoms with Crippen LogP contribution in [0, 0.1) is 18.3 Å². The van der Waals surface area contributed by atoms with Crippen molar-refractivity contribution in [2.24, 2.45) is 0 Å². The summed E-state index contributed by atoms with van der Waals surface area (Å²) in [5.41, 5.74) is 2.01. The van der Waals surface area contributed by atoms with E-state index in [9.17, 15) is 19.6 Å². The molecule has 2 fully saturated rings. The quantitative estimate of drug-likeness (QED) is 0.390. The highest BCUT2D eigenvalue weighted by Crippen LogP contribution is 2.36. The van der Waals surface area contributed by atoms with Crippen molar-refractivity contribution >= 4 is 57.8 Å². The average molecular weight is 552 g/mol. The number of anilines is 2. The fourth-order valence-corrected chi connectivity index (χ4v) is 6.05. The number of aromatic nitrogens is 1. The number of hydrogen-bond acceptors (Lipinski definition) is 8. The Morgan fingerprint density at radius 3 is 2.39 bits per heavy atom. The summed E-state index contributed by atoms with van der Waals surface area (Å²) in [4.78, 5) is 43.7. The standard InChI is InChI=1S/C27H29N5O4S2/c1-3-10-31-24(30-14-12-29(13-15-30)19-7-5-4-6-8-19)20(18(2)21(17-28)25(31)35)16-22-26(36)32(27(37)38-22)11-9-23(33)34/h4-8,16H,3,9-15H2,1-2H3,(H,33,34). The molecular formula is C27H29N5O4S2. The number of amides is 1.